The number of benzene rings is 2. The quantitative estimate of drug-likeness (QED) is 0.659. The van der Waals surface area contributed by atoms with Crippen molar-refractivity contribution in [3.63, 3.8) is 0 Å². The van der Waals surface area contributed by atoms with E-state index in [4.69, 9.17) is 9.47 Å². The molecule has 1 aromatic heterocycles. The smallest absolute Gasteiger partial charge is 0.255 e. The predicted octanol–water partition coefficient (Wildman–Crippen LogP) is 4.37. The summed E-state index contributed by atoms with van der Waals surface area (Å²) in [5.41, 5.74) is 0.812. The summed E-state index contributed by atoms with van der Waals surface area (Å²) in [6, 6.07) is 11.1. The molecule has 0 spiro atoms. The second-order valence-electron chi connectivity index (χ2n) is 5.70. The number of hydrogen-bond donors (Lipinski definition) is 2. The van der Waals surface area contributed by atoms with E-state index in [1.54, 1.807) is 25.3 Å². The summed E-state index contributed by atoms with van der Waals surface area (Å²) in [5, 5.41) is 5.46. The molecule has 0 aliphatic heterocycles. The van der Waals surface area contributed by atoms with E-state index < -0.39 is 17.5 Å². The minimum atomic E-state index is -0.855. The fourth-order valence-corrected chi connectivity index (χ4v) is 2.49. The molecule has 0 saturated carbocycles. The first kappa shape index (κ1) is 19.1. The van der Waals surface area contributed by atoms with E-state index in [0.29, 0.717) is 29.1 Å². The second kappa shape index (κ2) is 8.34. The number of methoxy groups -OCH3 is 2. The Bertz CT molecular complexity index is 1010. The standard InChI is InChI=1S/C20H17F2N3O3/c1-27-17-6-4-14(11-18(17)28-2)24-19-9-12(7-8-23-19)20(26)25-16-5-3-13(21)10-15(16)22/h3-11H,1-2H3,(H,23,24)(H,25,26). The Labute approximate surface area is 160 Å². The molecule has 0 bridgehead atoms. The molecule has 1 heterocycles. The highest BCUT2D eigenvalue weighted by atomic mass is 19.1. The molecule has 0 fully saturated rings. The first-order valence-corrected chi connectivity index (χ1v) is 8.21. The van der Waals surface area contributed by atoms with Crippen LogP contribution in [0.5, 0.6) is 11.5 Å². The maximum absolute atomic E-state index is 13.7. The fraction of sp³-hybridized carbons (Fsp3) is 0.100. The average Bonchev–Trinajstić information content (AvgIpc) is 2.70. The number of halogens is 2. The number of aromatic nitrogens is 1. The number of anilines is 3. The first-order chi connectivity index (χ1) is 13.5. The highest BCUT2D eigenvalue weighted by molar-refractivity contribution is 6.04. The molecular formula is C20H17F2N3O3. The number of carbonyl (C=O) groups is 1. The van der Waals surface area contributed by atoms with Crippen LogP contribution >= 0.6 is 0 Å². The molecule has 3 rings (SSSR count). The largest absolute Gasteiger partial charge is 0.493 e. The van der Waals surface area contributed by atoms with E-state index in [9.17, 15) is 13.6 Å². The Hall–Kier alpha value is -3.68. The van der Waals surface area contributed by atoms with Crippen molar-refractivity contribution >= 4 is 23.1 Å². The highest BCUT2D eigenvalue weighted by Gasteiger charge is 2.12. The highest BCUT2D eigenvalue weighted by Crippen LogP contribution is 2.31. The van der Waals surface area contributed by atoms with Crippen LogP contribution in [0.3, 0.4) is 0 Å². The number of amides is 1. The van der Waals surface area contributed by atoms with Crippen LogP contribution in [0.1, 0.15) is 10.4 Å². The minimum absolute atomic E-state index is 0.113. The summed E-state index contributed by atoms with van der Waals surface area (Å²) in [5.74, 6) is -0.613. The van der Waals surface area contributed by atoms with E-state index in [-0.39, 0.29) is 11.3 Å². The van der Waals surface area contributed by atoms with Crippen LogP contribution in [-0.2, 0) is 0 Å². The Morgan fingerprint density at radius 3 is 2.46 bits per heavy atom. The van der Waals surface area contributed by atoms with E-state index in [1.165, 1.54) is 25.4 Å². The Morgan fingerprint density at radius 2 is 1.75 bits per heavy atom. The second-order valence-corrected chi connectivity index (χ2v) is 5.70. The number of rotatable bonds is 6. The average molecular weight is 385 g/mol. The monoisotopic (exact) mass is 385 g/mol. The van der Waals surface area contributed by atoms with Crippen molar-refractivity contribution in [2.24, 2.45) is 0 Å². The van der Waals surface area contributed by atoms with Gasteiger partial charge in [-0.1, -0.05) is 0 Å². The van der Waals surface area contributed by atoms with Crippen LogP contribution in [0.25, 0.3) is 0 Å². The fourth-order valence-electron chi connectivity index (χ4n) is 2.49. The molecule has 144 valence electrons. The van der Waals surface area contributed by atoms with Crippen molar-refractivity contribution < 1.29 is 23.0 Å². The summed E-state index contributed by atoms with van der Waals surface area (Å²) in [4.78, 5) is 16.5. The zero-order valence-corrected chi connectivity index (χ0v) is 15.1. The lowest BCUT2D eigenvalue weighted by molar-refractivity contribution is 0.102. The number of nitrogens with one attached hydrogen (secondary N) is 2. The van der Waals surface area contributed by atoms with Gasteiger partial charge in [0.25, 0.3) is 5.91 Å². The molecular weight excluding hydrogens is 368 g/mol. The molecule has 28 heavy (non-hydrogen) atoms. The van der Waals surface area contributed by atoms with Gasteiger partial charge in [0, 0.05) is 29.6 Å². The van der Waals surface area contributed by atoms with E-state index in [2.05, 4.69) is 15.6 Å². The van der Waals surface area contributed by atoms with Gasteiger partial charge in [0.2, 0.25) is 0 Å². The lowest BCUT2D eigenvalue weighted by Gasteiger charge is -2.11. The number of nitrogens with zero attached hydrogens (tertiary/aromatic N) is 1. The van der Waals surface area contributed by atoms with Gasteiger partial charge in [-0.15, -0.1) is 0 Å². The topological polar surface area (TPSA) is 72.5 Å². The Balaban J connectivity index is 1.77. The van der Waals surface area contributed by atoms with Gasteiger partial charge in [0.1, 0.15) is 17.5 Å². The lowest BCUT2D eigenvalue weighted by atomic mass is 10.2. The zero-order valence-electron chi connectivity index (χ0n) is 15.1. The minimum Gasteiger partial charge on any atom is -0.493 e. The third-order valence-corrected chi connectivity index (χ3v) is 3.86. The summed E-state index contributed by atoms with van der Waals surface area (Å²) in [6.45, 7) is 0. The number of ether oxygens (including phenoxy) is 2. The molecule has 0 aliphatic rings. The third kappa shape index (κ3) is 4.35. The SMILES string of the molecule is COc1ccc(Nc2cc(C(=O)Nc3ccc(F)cc3F)ccn2)cc1OC. The predicted molar refractivity (Wildman–Crippen MR) is 101 cm³/mol. The number of hydrogen-bond acceptors (Lipinski definition) is 5. The third-order valence-electron chi connectivity index (χ3n) is 3.86. The van der Waals surface area contributed by atoms with Gasteiger partial charge in [0.05, 0.1) is 19.9 Å². The summed E-state index contributed by atoms with van der Waals surface area (Å²) >= 11 is 0. The van der Waals surface area contributed by atoms with Crippen molar-refractivity contribution in [3.8, 4) is 11.5 Å². The van der Waals surface area contributed by atoms with E-state index in [1.807, 2.05) is 0 Å². The van der Waals surface area contributed by atoms with Crippen LogP contribution in [0.4, 0.5) is 26.0 Å². The van der Waals surface area contributed by atoms with Crippen molar-refractivity contribution in [3.05, 3.63) is 71.9 Å². The van der Waals surface area contributed by atoms with Crippen LogP contribution in [-0.4, -0.2) is 25.1 Å². The van der Waals surface area contributed by atoms with Gasteiger partial charge in [-0.2, -0.15) is 0 Å². The van der Waals surface area contributed by atoms with Crippen molar-refractivity contribution in [2.45, 2.75) is 0 Å². The van der Waals surface area contributed by atoms with Gasteiger partial charge in [0.15, 0.2) is 11.5 Å². The van der Waals surface area contributed by atoms with Crippen LogP contribution in [0.2, 0.25) is 0 Å². The molecule has 2 N–H and O–H groups in total. The van der Waals surface area contributed by atoms with Crippen LogP contribution in [0, 0.1) is 11.6 Å². The molecule has 8 heteroatoms. The molecule has 1 amide bonds. The Morgan fingerprint density at radius 1 is 0.964 bits per heavy atom. The van der Waals surface area contributed by atoms with Gasteiger partial charge >= 0.3 is 0 Å². The molecule has 0 radical (unpaired) electrons. The van der Waals surface area contributed by atoms with Crippen molar-refractivity contribution in [2.75, 3.05) is 24.9 Å². The lowest BCUT2D eigenvalue weighted by Crippen LogP contribution is -2.13. The Kier molecular flexibility index (Phi) is 5.69. The molecule has 0 saturated heterocycles. The van der Waals surface area contributed by atoms with Crippen molar-refractivity contribution in [1.82, 2.24) is 4.98 Å². The first-order valence-electron chi connectivity index (χ1n) is 8.21. The van der Waals surface area contributed by atoms with Gasteiger partial charge in [-0.25, -0.2) is 13.8 Å². The normalized spacial score (nSPS) is 10.3. The summed E-state index contributed by atoms with van der Waals surface area (Å²) < 4.78 is 37.1. The molecule has 3 aromatic rings. The van der Waals surface area contributed by atoms with Crippen LogP contribution < -0.4 is 20.1 Å². The molecule has 0 atom stereocenters. The van der Waals surface area contributed by atoms with Gasteiger partial charge < -0.3 is 20.1 Å². The molecule has 0 unspecified atom stereocenters. The molecule has 0 aliphatic carbocycles. The summed E-state index contributed by atoms with van der Waals surface area (Å²) in [6.07, 6.45) is 1.44. The number of pyridine rings is 1. The van der Waals surface area contributed by atoms with Crippen molar-refractivity contribution in [1.29, 1.82) is 0 Å². The maximum atomic E-state index is 13.7. The van der Waals surface area contributed by atoms with E-state index in [0.717, 1.165) is 12.1 Å². The van der Waals surface area contributed by atoms with Gasteiger partial charge in [-0.05, 0) is 36.4 Å². The number of carbonyl (C=O) groups excluding carboxylic acids is 1. The molecule has 6 nitrogen and oxygen atoms in total. The summed E-state index contributed by atoms with van der Waals surface area (Å²) in [7, 11) is 3.07. The van der Waals surface area contributed by atoms with Gasteiger partial charge in [-0.3, -0.25) is 4.79 Å². The maximum Gasteiger partial charge on any atom is 0.255 e. The molecule has 2 aromatic carbocycles. The van der Waals surface area contributed by atoms with Crippen LogP contribution in [0.15, 0.2) is 54.7 Å². The zero-order chi connectivity index (χ0) is 20.1. The van der Waals surface area contributed by atoms with E-state index >= 15 is 0 Å².